The van der Waals surface area contributed by atoms with Gasteiger partial charge in [0.25, 0.3) is 0 Å². The summed E-state index contributed by atoms with van der Waals surface area (Å²) in [7, 11) is 0. The minimum absolute atomic E-state index is 0.607. The lowest BCUT2D eigenvalue weighted by Gasteiger charge is -2.16. The lowest BCUT2D eigenvalue weighted by molar-refractivity contribution is 0.669. The third-order valence-electron chi connectivity index (χ3n) is 13.6. The van der Waals surface area contributed by atoms with Crippen molar-refractivity contribution >= 4 is 65.4 Å². The van der Waals surface area contributed by atoms with Crippen LogP contribution in [0.5, 0.6) is 0 Å². The van der Waals surface area contributed by atoms with Crippen LogP contribution in [0.25, 0.3) is 139 Å². The number of rotatable bonds is 7. The molecule has 0 fully saturated rings. The van der Waals surface area contributed by atoms with Gasteiger partial charge in [-0.2, -0.15) is 0 Å². The summed E-state index contributed by atoms with van der Waals surface area (Å²) in [5.74, 6) is 1.84. The summed E-state index contributed by atoms with van der Waals surface area (Å²) in [6, 6.07) is 82.7. The summed E-state index contributed by atoms with van der Waals surface area (Å²) < 4.78 is 8.99. The van der Waals surface area contributed by atoms with Crippen LogP contribution in [0, 0.1) is 0 Å². The van der Waals surface area contributed by atoms with Crippen LogP contribution in [0.4, 0.5) is 0 Å². The lowest BCUT2D eigenvalue weighted by atomic mass is 9.88. The quantitative estimate of drug-likeness (QED) is 0.149. The fraction of sp³-hybridized carbons (Fsp3) is 0. The summed E-state index contributed by atoms with van der Waals surface area (Å²) in [5, 5.41) is 7.93. The number of nitrogens with zero attached hydrogens (tertiary/aromatic N) is 5. The molecule has 4 heterocycles. The van der Waals surface area contributed by atoms with Gasteiger partial charge >= 0.3 is 0 Å². The second-order valence-corrected chi connectivity index (χ2v) is 17.7. The smallest absolute Gasteiger partial charge is 0.164 e. The van der Waals surface area contributed by atoms with Gasteiger partial charge in [-0.05, 0) is 77.4 Å². The zero-order valence-corrected chi connectivity index (χ0v) is 37.7. The molecule has 6 heteroatoms. The van der Waals surface area contributed by atoms with E-state index in [0.29, 0.717) is 17.5 Å². The molecule has 10 aromatic carbocycles. The van der Waals surface area contributed by atoms with Crippen LogP contribution in [-0.4, -0.2) is 24.5 Å². The van der Waals surface area contributed by atoms with Crippen LogP contribution >= 0.6 is 0 Å². The van der Waals surface area contributed by atoms with Crippen molar-refractivity contribution in [2.24, 2.45) is 0 Å². The molecule has 326 valence electrons. The molecule has 0 radical (unpaired) electrons. The Balaban J connectivity index is 0.880. The number of furan rings is 1. The molecule has 0 atom stereocenters. The fourth-order valence-electron chi connectivity index (χ4n) is 10.4. The maximum Gasteiger partial charge on any atom is 0.164 e. The van der Waals surface area contributed by atoms with E-state index in [4.69, 9.17) is 24.4 Å². The molecule has 0 aliphatic heterocycles. The highest BCUT2D eigenvalue weighted by atomic mass is 16.3. The van der Waals surface area contributed by atoms with E-state index >= 15 is 0 Å². The van der Waals surface area contributed by atoms with E-state index in [1.165, 1.54) is 21.8 Å². The van der Waals surface area contributed by atoms with Gasteiger partial charge in [-0.3, -0.25) is 0 Å². The van der Waals surface area contributed by atoms with E-state index in [2.05, 4.69) is 199 Å². The van der Waals surface area contributed by atoms with E-state index < -0.39 is 0 Å². The Bertz CT molecular complexity index is 4280. The number of fused-ring (bicyclic) bond motifs is 9. The monoisotopic (exact) mass is 893 g/mol. The van der Waals surface area contributed by atoms with Crippen LogP contribution in [-0.2, 0) is 0 Å². The normalized spacial score (nSPS) is 11.7. The van der Waals surface area contributed by atoms with Crippen molar-refractivity contribution < 1.29 is 4.42 Å². The molecule has 0 unspecified atom stereocenters. The van der Waals surface area contributed by atoms with E-state index in [0.717, 1.165) is 99.5 Å². The van der Waals surface area contributed by atoms with Gasteiger partial charge in [-0.1, -0.05) is 176 Å². The van der Waals surface area contributed by atoms with E-state index in [-0.39, 0.29) is 0 Å². The molecule has 14 aromatic rings. The van der Waals surface area contributed by atoms with Gasteiger partial charge in [0.15, 0.2) is 17.5 Å². The Morgan fingerprint density at radius 2 is 0.800 bits per heavy atom. The van der Waals surface area contributed by atoms with Crippen LogP contribution in [0.2, 0.25) is 0 Å². The van der Waals surface area contributed by atoms with E-state index in [1.54, 1.807) is 0 Å². The van der Waals surface area contributed by atoms with Crippen LogP contribution < -0.4 is 0 Å². The molecule has 70 heavy (non-hydrogen) atoms. The average molecular weight is 894 g/mol. The Labute approximate surface area is 402 Å². The molecule has 0 saturated carbocycles. The molecular formula is C64H39N5O. The van der Waals surface area contributed by atoms with Gasteiger partial charge in [0.05, 0.1) is 22.2 Å². The van der Waals surface area contributed by atoms with Crippen LogP contribution in [0.1, 0.15) is 0 Å². The summed E-state index contributed by atoms with van der Waals surface area (Å²) >= 11 is 0. The minimum atomic E-state index is 0.607. The van der Waals surface area contributed by atoms with Crippen molar-refractivity contribution in [2.45, 2.75) is 0 Å². The Morgan fingerprint density at radius 3 is 1.47 bits per heavy atom. The highest BCUT2D eigenvalue weighted by molar-refractivity contribution is 6.28. The van der Waals surface area contributed by atoms with Gasteiger partial charge in [0.1, 0.15) is 11.2 Å². The molecule has 0 spiro atoms. The summed E-state index contributed by atoms with van der Waals surface area (Å²) in [6.45, 7) is 0. The zero-order chi connectivity index (χ0) is 46.1. The van der Waals surface area contributed by atoms with Gasteiger partial charge in [-0.15, -0.1) is 0 Å². The largest absolute Gasteiger partial charge is 0.456 e. The van der Waals surface area contributed by atoms with Gasteiger partial charge in [0.2, 0.25) is 0 Å². The van der Waals surface area contributed by atoms with E-state index in [1.807, 2.05) is 42.5 Å². The second kappa shape index (κ2) is 16.1. The first-order valence-corrected chi connectivity index (χ1v) is 23.5. The van der Waals surface area contributed by atoms with E-state index in [9.17, 15) is 0 Å². The number of hydrogen-bond donors (Lipinski definition) is 0. The van der Waals surface area contributed by atoms with Crippen molar-refractivity contribution in [1.82, 2.24) is 24.5 Å². The van der Waals surface area contributed by atoms with Crippen molar-refractivity contribution in [2.75, 3.05) is 0 Å². The lowest BCUT2D eigenvalue weighted by Crippen LogP contribution is -2.00. The molecule has 14 rings (SSSR count). The first-order chi connectivity index (χ1) is 34.7. The molecule has 0 bridgehead atoms. The number of para-hydroxylation sites is 4. The fourth-order valence-corrected chi connectivity index (χ4v) is 10.4. The topological polar surface area (TPSA) is 69.6 Å². The molecule has 0 N–H and O–H groups in total. The molecule has 0 aliphatic carbocycles. The number of aromatic nitrogens is 5. The zero-order valence-electron chi connectivity index (χ0n) is 37.7. The predicted molar refractivity (Wildman–Crippen MR) is 287 cm³/mol. The standard InChI is InChI=1S/C64H39N5O/c1-3-16-41(17-4-1)61-52-39-57-60(51-25-10-14-29-56(51)70-57)58(59(52)50-24-7-11-26-53(50)65-61)46-21-15-20-45(38-46)40-30-32-43(33-31-40)63-66-62(42-18-5-2-6-19-42)67-64(68-63)44-34-36-47(37-35-44)69-54-27-12-8-22-48(54)49-23-9-13-28-55(49)69/h1-39H. The third kappa shape index (κ3) is 6.49. The number of benzene rings is 10. The number of pyridine rings is 1. The third-order valence-corrected chi connectivity index (χ3v) is 13.6. The summed E-state index contributed by atoms with van der Waals surface area (Å²) in [5.41, 5.74) is 15.2. The molecular weight excluding hydrogens is 855 g/mol. The maximum atomic E-state index is 6.67. The first kappa shape index (κ1) is 39.6. The number of hydrogen-bond acceptors (Lipinski definition) is 5. The van der Waals surface area contributed by atoms with Crippen LogP contribution in [0.15, 0.2) is 241 Å². The average Bonchev–Trinajstić information content (AvgIpc) is 3.98. The Hall–Kier alpha value is -9.52. The maximum absolute atomic E-state index is 6.67. The first-order valence-electron chi connectivity index (χ1n) is 23.5. The minimum Gasteiger partial charge on any atom is -0.456 e. The van der Waals surface area contributed by atoms with Gasteiger partial charge in [-0.25, -0.2) is 19.9 Å². The molecule has 0 amide bonds. The molecule has 0 aliphatic rings. The summed E-state index contributed by atoms with van der Waals surface area (Å²) in [4.78, 5) is 20.6. The predicted octanol–water partition coefficient (Wildman–Crippen LogP) is 16.6. The second-order valence-electron chi connectivity index (χ2n) is 17.7. The summed E-state index contributed by atoms with van der Waals surface area (Å²) in [6.07, 6.45) is 0. The van der Waals surface area contributed by atoms with Crippen molar-refractivity contribution in [3.05, 3.63) is 237 Å². The highest BCUT2D eigenvalue weighted by Crippen LogP contribution is 2.47. The van der Waals surface area contributed by atoms with Gasteiger partial charge < -0.3 is 8.98 Å². The van der Waals surface area contributed by atoms with Crippen molar-refractivity contribution in [1.29, 1.82) is 0 Å². The highest BCUT2D eigenvalue weighted by Gasteiger charge is 2.22. The molecule has 4 aromatic heterocycles. The SMILES string of the molecule is c1ccc(-c2nc(-c3ccc(-c4cccc(-c5c6c(cc7c(-c8ccccc8)nc8ccccc8c57)oc5ccccc56)c4)cc3)nc(-c3ccc(-n4c5ccccc5c5ccccc54)cc3)n2)cc1. The van der Waals surface area contributed by atoms with Crippen molar-refractivity contribution in [3.8, 4) is 73.4 Å². The van der Waals surface area contributed by atoms with Gasteiger partial charge in [0, 0.05) is 71.2 Å². The molecule has 0 saturated heterocycles. The Kier molecular flexibility index (Phi) is 9.10. The van der Waals surface area contributed by atoms with Crippen molar-refractivity contribution in [3.63, 3.8) is 0 Å². The Morgan fingerprint density at radius 1 is 0.300 bits per heavy atom. The molecule has 6 nitrogen and oxygen atoms in total. The van der Waals surface area contributed by atoms with Crippen LogP contribution in [0.3, 0.4) is 0 Å².